The van der Waals surface area contributed by atoms with E-state index in [1.807, 2.05) is 0 Å². The molecular weight excluding hydrogens is 654 g/mol. The Bertz CT molecular complexity index is 471. The number of hydrogen-bond acceptors (Lipinski definition) is 2. The first-order valence-electron chi connectivity index (χ1n) is 16.2. The number of hydrogen-bond donors (Lipinski definition) is 0. The van der Waals surface area contributed by atoms with Gasteiger partial charge in [-0.3, -0.25) is 0 Å². The van der Waals surface area contributed by atoms with Gasteiger partial charge in [0.2, 0.25) is 0 Å². The van der Waals surface area contributed by atoms with Crippen molar-refractivity contribution in [3.05, 3.63) is 12.2 Å². The van der Waals surface area contributed by atoms with Crippen LogP contribution in [0.4, 0.5) is 0 Å². The first kappa shape index (κ1) is 36.8. The third-order valence-electron chi connectivity index (χ3n) is 8.97. The monoisotopic (exact) mass is 722 g/mol. The Labute approximate surface area is 236 Å². The van der Waals surface area contributed by atoms with Gasteiger partial charge in [-0.2, -0.15) is 0 Å². The molecule has 0 atom stereocenters. The summed E-state index contributed by atoms with van der Waals surface area (Å²) in [6.07, 6.45) is 24.9. The molecule has 0 aromatic rings. The van der Waals surface area contributed by atoms with Gasteiger partial charge in [-0.05, 0) is 0 Å². The maximum absolute atomic E-state index is 11.6. The van der Waals surface area contributed by atoms with E-state index in [-0.39, 0.29) is 5.97 Å². The van der Waals surface area contributed by atoms with Gasteiger partial charge in [0.1, 0.15) is 0 Å². The molecule has 4 heteroatoms. The Balaban J connectivity index is 6.55. The number of carbonyl (C=O) groups excluding carboxylic acids is 1. The Morgan fingerprint density at radius 2 is 0.944 bits per heavy atom. The number of esters is 1. The van der Waals surface area contributed by atoms with Gasteiger partial charge in [0.05, 0.1) is 0 Å². The fraction of sp³-hybridized carbons (Fsp3) is 0.906. The molecule has 0 radical (unpaired) electrons. The van der Waals surface area contributed by atoms with Crippen molar-refractivity contribution in [1.82, 2.24) is 0 Å². The summed E-state index contributed by atoms with van der Waals surface area (Å²) in [6, 6.07) is 0. The molecule has 0 aliphatic heterocycles. The molecule has 0 bridgehead atoms. The average Bonchev–Trinajstić information content (AvgIpc) is 2.90. The number of rotatable bonds is 25. The van der Waals surface area contributed by atoms with E-state index in [1.165, 1.54) is 99.0 Å². The van der Waals surface area contributed by atoms with Crippen LogP contribution in [0.2, 0.25) is 28.6 Å². The van der Waals surface area contributed by atoms with Crippen LogP contribution in [0.15, 0.2) is 12.2 Å². The summed E-state index contributed by atoms with van der Waals surface area (Å²) < 4.78 is 16.1. The van der Waals surface area contributed by atoms with Crippen LogP contribution in [-0.4, -0.2) is 49.8 Å². The summed E-state index contributed by atoms with van der Waals surface area (Å²) in [5.41, 5.74) is 0. The van der Waals surface area contributed by atoms with Crippen molar-refractivity contribution in [1.29, 1.82) is 0 Å². The molecule has 0 aliphatic rings. The topological polar surface area (TPSA) is 26.3 Å². The van der Waals surface area contributed by atoms with E-state index in [9.17, 15) is 4.79 Å². The van der Waals surface area contributed by atoms with Crippen LogP contribution in [-0.2, 0) is 9.53 Å². The molecular formula is C32H66O2Sn2. The molecule has 0 unspecified atom stereocenters. The minimum atomic E-state index is -2.38. The van der Waals surface area contributed by atoms with Gasteiger partial charge >= 0.3 is 238 Å². The SMILES string of the molecule is CCC[CH2][Sn]([CH2]CCC)([CH2]CCC)[CH](CCC/C=C/C(=O)OC)[Sn]([CH2]CCC)([CH2]CCC)[CH2]CCC. The van der Waals surface area contributed by atoms with Gasteiger partial charge in [0, 0.05) is 0 Å². The molecule has 2 nitrogen and oxygen atoms in total. The summed E-state index contributed by atoms with van der Waals surface area (Å²) in [4.78, 5) is 11.6. The number of methoxy groups -OCH3 is 1. The third-order valence-corrected chi connectivity index (χ3v) is 65.6. The van der Waals surface area contributed by atoms with E-state index in [0.717, 1.165) is 6.42 Å². The average molecular weight is 720 g/mol. The first-order chi connectivity index (χ1) is 17.5. The fourth-order valence-corrected chi connectivity index (χ4v) is 85.1. The first-order valence-corrected chi connectivity index (χ1v) is 31.6. The summed E-state index contributed by atoms with van der Waals surface area (Å²) >= 11 is -4.77. The van der Waals surface area contributed by atoms with E-state index in [1.54, 1.807) is 32.7 Å². The normalized spacial score (nSPS) is 12.7. The zero-order valence-corrected chi connectivity index (χ0v) is 31.6. The van der Waals surface area contributed by atoms with Crippen LogP contribution < -0.4 is 0 Å². The molecule has 0 aromatic heterocycles. The molecule has 0 saturated heterocycles. The number of carbonyl (C=O) groups is 1. The van der Waals surface area contributed by atoms with Crippen molar-refractivity contribution in [2.75, 3.05) is 7.11 Å². The van der Waals surface area contributed by atoms with Gasteiger partial charge in [-0.1, -0.05) is 0 Å². The van der Waals surface area contributed by atoms with Crippen molar-refractivity contribution in [2.24, 2.45) is 0 Å². The Morgan fingerprint density at radius 1 is 0.611 bits per heavy atom. The molecule has 0 N–H and O–H groups in total. The molecule has 0 heterocycles. The quantitative estimate of drug-likeness (QED) is 0.0406. The predicted molar refractivity (Wildman–Crippen MR) is 169 cm³/mol. The zero-order valence-electron chi connectivity index (χ0n) is 25.9. The second-order valence-corrected chi connectivity index (χ2v) is 44.6. The molecule has 0 amide bonds. The van der Waals surface area contributed by atoms with E-state index in [0.29, 0.717) is 0 Å². The van der Waals surface area contributed by atoms with Crippen molar-refractivity contribution in [2.45, 2.75) is 166 Å². The second kappa shape index (κ2) is 23.7. The molecule has 214 valence electrons. The van der Waals surface area contributed by atoms with Gasteiger partial charge in [-0.15, -0.1) is 0 Å². The van der Waals surface area contributed by atoms with Gasteiger partial charge in [0.15, 0.2) is 0 Å². The van der Waals surface area contributed by atoms with E-state index in [2.05, 4.69) is 47.6 Å². The predicted octanol–water partition coefficient (Wildman–Crippen LogP) is 11.5. The number of unbranched alkanes of at least 4 members (excludes halogenated alkanes) is 7. The summed E-state index contributed by atoms with van der Waals surface area (Å²) in [7, 11) is 1.48. The number of ether oxygens (including phenoxy) is 1. The summed E-state index contributed by atoms with van der Waals surface area (Å²) in [6.45, 7) is 14.6. The van der Waals surface area contributed by atoms with Crippen LogP contribution in [0, 0.1) is 0 Å². The van der Waals surface area contributed by atoms with E-state index >= 15 is 0 Å². The molecule has 0 spiro atoms. The van der Waals surface area contributed by atoms with Crippen molar-refractivity contribution < 1.29 is 9.53 Å². The molecule has 0 saturated carbocycles. The van der Waals surface area contributed by atoms with Crippen molar-refractivity contribution in [3.8, 4) is 0 Å². The van der Waals surface area contributed by atoms with Crippen LogP contribution in [0.25, 0.3) is 0 Å². The van der Waals surface area contributed by atoms with Crippen LogP contribution in [0.3, 0.4) is 0 Å². The third kappa shape index (κ3) is 14.3. The molecule has 0 aliphatic carbocycles. The second-order valence-electron chi connectivity index (χ2n) is 11.8. The summed E-state index contributed by atoms with van der Waals surface area (Å²) in [5.74, 6) is -0.198. The zero-order chi connectivity index (χ0) is 27.1. The van der Waals surface area contributed by atoms with E-state index < -0.39 is 36.8 Å². The van der Waals surface area contributed by atoms with Crippen molar-refractivity contribution >= 4 is 42.7 Å². The fourth-order valence-electron chi connectivity index (χ4n) is 6.92. The van der Waals surface area contributed by atoms with Gasteiger partial charge in [-0.25, -0.2) is 0 Å². The van der Waals surface area contributed by atoms with Gasteiger partial charge in [0.25, 0.3) is 0 Å². The Hall–Kier alpha value is 0.807. The molecule has 0 rings (SSSR count). The Morgan fingerprint density at radius 3 is 1.22 bits per heavy atom. The van der Waals surface area contributed by atoms with Crippen LogP contribution in [0.1, 0.15) is 138 Å². The van der Waals surface area contributed by atoms with Crippen LogP contribution in [0.5, 0.6) is 0 Å². The molecule has 0 aromatic carbocycles. The molecule has 36 heavy (non-hydrogen) atoms. The van der Waals surface area contributed by atoms with Crippen LogP contribution >= 0.6 is 0 Å². The van der Waals surface area contributed by atoms with Gasteiger partial charge < -0.3 is 0 Å². The minimum absolute atomic E-state index is 0.198. The number of allylic oxidation sites excluding steroid dienone is 1. The summed E-state index contributed by atoms with van der Waals surface area (Å²) in [5, 5.41) is 0. The standard InChI is InChI=1S/C8H12O2.6C4H9.2Sn/c1-3-4-5-6-7-8(9)10-2;6*1-3-4-2;;/h1,6-7H,3-5H2,2H3;6*1,3-4H2,2H3;;/b7-6+;;;;;;;;. The van der Waals surface area contributed by atoms with Crippen molar-refractivity contribution in [3.63, 3.8) is 0 Å². The molecule has 0 fully saturated rings. The van der Waals surface area contributed by atoms with E-state index in [4.69, 9.17) is 4.74 Å². The Kier molecular flexibility index (Phi) is 24.2. The maximum atomic E-state index is 11.6.